The normalized spacial score (nSPS) is 26.7. The average Bonchev–Trinajstić information content (AvgIpc) is 2.34. The average molecular weight is 267 g/mol. The summed E-state index contributed by atoms with van der Waals surface area (Å²) in [5, 5.41) is 11.9. The number of hydrogen-bond donors (Lipinski definition) is 2. The minimum Gasteiger partial charge on any atom is -0.391 e. The van der Waals surface area contributed by atoms with Crippen LogP contribution in [-0.2, 0) is 4.79 Å². The molecule has 0 saturated heterocycles. The first-order chi connectivity index (χ1) is 8.34. The van der Waals surface area contributed by atoms with Gasteiger partial charge in [0.1, 0.15) is 0 Å². The van der Waals surface area contributed by atoms with Gasteiger partial charge in [0.05, 0.1) is 12.0 Å². The van der Waals surface area contributed by atoms with Crippen molar-refractivity contribution in [2.24, 2.45) is 11.8 Å². The highest BCUT2D eigenvalue weighted by molar-refractivity contribution is 5.78. The Morgan fingerprint density at radius 3 is 2.33 bits per heavy atom. The predicted octanol–water partition coefficient (Wildman–Crippen LogP) is 2.24. The minimum absolute atomic E-state index is 0.0257. The zero-order valence-corrected chi connectivity index (χ0v) is 10.5. The number of carbonyl (C=O) groups excluding carboxylic acids is 1. The van der Waals surface area contributed by atoms with Crippen molar-refractivity contribution in [3.05, 3.63) is 0 Å². The van der Waals surface area contributed by atoms with Crippen LogP contribution in [0.15, 0.2) is 0 Å². The van der Waals surface area contributed by atoms with Gasteiger partial charge >= 0.3 is 6.18 Å². The van der Waals surface area contributed by atoms with Crippen molar-refractivity contribution in [2.75, 3.05) is 6.54 Å². The van der Waals surface area contributed by atoms with Crippen molar-refractivity contribution >= 4 is 5.91 Å². The Bertz CT molecular complexity index is 273. The molecule has 1 aliphatic carbocycles. The van der Waals surface area contributed by atoms with Gasteiger partial charge in [0, 0.05) is 12.5 Å². The molecule has 1 aliphatic rings. The van der Waals surface area contributed by atoms with Gasteiger partial charge in [-0.25, -0.2) is 0 Å². The second-order valence-corrected chi connectivity index (χ2v) is 4.90. The molecule has 0 aromatic carbocycles. The van der Waals surface area contributed by atoms with Gasteiger partial charge in [0.15, 0.2) is 0 Å². The molecule has 1 unspecified atom stereocenters. The monoisotopic (exact) mass is 267 g/mol. The van der Waals surface area contributed by atoms with E-state index in [-0.39, 0.29) is 44.1 Å². The highest BCUT2D eigenvalue weighted by Crippen LogP contribution is 2.39. The number of carbonyl (C=O) groups is 1. The molecule has 0 aliphatic heterocycles. The Balaban J connectivity index is 2.32. The van der Waals surface area contributed by atoms with Crippen molar-refractivity contribution in [1.82, 2.24) is 5.32 Å². The van der Waals surface area contributed by atoms with Crippen LogP contribution in [0.3, 0.4) is 0 Å². The summed E-state index contributed by atoms with van der Waals surface area (Å²) in [5.41, 5.74) is 0. The lowest BCUT2D eigenvalue weighted by Gasteiger charge is -2.29. The third-order valence-corrected chi connectivity index (χ3v) is 3.54. The number of rotatable bonds is 4. The smallest absolute Gasteiger partial charge is 0.391 e. The van der Waals surface area contributed by atoms with Gasteiger partial charge in [-0.3, -0.25) is 4.79 Å². The Morgan fingerprint density at radius 2 is 1.89 bits per heavy atom. The number of aliphatic hydroxyl groups is 1. The molecule has 1 amide bonds. The van der Waals surface area contributed by atoms with E-state index in [0.717, 1.165) is 0 Å². The molecule has 0 radical (unpaired) electrons. The number of aliphatic hydroxyl groups excluding tert-OH is 1. The van der Waals surface area contributed by atoms with E-state index in [1.807, 2.05) is 0 Å². The van der Waals surface area contributed by atoms with E-state index in [1.165, 1.54) is 0 Å². The Labute approximate surface area is 105 Å². The van der Waals surface area contributed by atoms with Crippen LogP contribution < -0.4 is 5.32 Å². The third kappa shape index (κ3) is 4.48. The maximum atomic E-state index is 12.4. The molecule has 18 heavy (non-hydrogen) atoms. The van der Waals surface area contributed by atoms with Crippen LogP contribution in [0.5, 0.6) is 0 Å². The molecular formula is C12H20F3NO2. The second-order valence-electron chi connectivity index (χ2n) is 4.90. The topological polar surface area (TPSA) is 49.3 Å². The van der Waals surface area contributed by atoms with E-state index in [0.29, 0.717) is 6.42 Å². The van der Waals surface area contributed by atoms with E-state index in [2.05, 4.69) is 5.32 Å². The molecule has 1 atom stereocenters. The summed E-state index contributed by atoms with van der Waals surface area (Å²) in [7, 11) is 0. The van der Waals surface area contributed by atoms with Crippen LogP contribution in [0, 0.1) is 11.8 Å². The molecule has 1 saturated carbocycles. The Kier molecular flexibility index (Phi) is 5.44. The first kappa shape index (κ1) is 15.3. The first-order valence-corrected chi connectivity index (χ1v) is 6.37. The van der Waals surface area contributed by atoms with Crippen LogP contribution in [0.1, 0.15) is 39.0 Å². The largest absolute Gasteiger partial charge is 0.391 e. The standard InChI is InChI=1S/C12H20F3NO2/c1-2-10(17)7-16-11(18)8-3-5-9(6-4-8)12(13,14)15/h8-10,17H,2-7H2,1H3,(H,16,18). The summed E-state index contributed by atoms with van der Waals surface area (Å²) in [6.07, 6.45) is -3.58. The van der Waals surface area contributed by atoms with Gasteiger partial charge in [-0.1, -0.05) is 6.92 Å². The number of amides is 1. The fraction of sp³-hybridized carbons (Fsp3) is 0.917. The molecule has 106 valence electrons. The predicted molar refractivity (Wildman–Crippen MR) is 60.8 cm³/mol. The molecule has 0 bridgehead atoms. The van der Waals surface area contributed by atoms with Crippen LogP contribution in [0.2, 0.25) is 0 Å². The van der Waals surface area contributed by atoms with Crippen molar-refractivity contribution in [1.29, 1.82) is 0 Å². The van der Waals surface area contributed by atoms with Crippen LogP contribution in [-0.4, -0.2) is 29.8 Å². The SMILES string of the molecule is CCC(O)CNC(=O)C1CCC(C(F)(F)F)CC1. The summed E-state index contributed by atoms with van der Waals surface area (Å²) >= 11 is 0. The second kappa shape index (κ2) is 6.41. The quantitative estimate of drug-likeness (QED) is 0.820. The fourth-order valence-electron chi connectivity index (χ4n) is 2.19. The highest BCUT2D eigenvalue weighted by atomic mass is 19.4. The van der Waals surface area contributed by atoms with Crippen molar-refractivity contribution in [2.45, 2.75) is 51.3 Å². The summed E-state index contributed by atoms with van der Waals surface area (Å²) in [6, 6.07) is 0. The first-order valence-electron chi connectivity index (χ1n) is 6.37. The molecule has 0 aromatic heterocycles. The minimum atomic E-state index is -4.14. The lowest BCUT2D eigenvalue weighted by molar-refractivity contribution is -0.184. The Hall–Kier alpha value is -0.780. The summed E-state index contributed by atoms with van der Waals surface area (Å²) < 4.78 is 37.3. The van der Waals surface area contributed by atoms with Crippen molar-refractivity contribution in [3.8, 4) is 0 Å². The molecular weight excluding hydrogens is 247 g/mol. The van der Waals surface area contributed by atoms with Gasteiger partial charge in [-0.05, 0) is 32.1 Å². The zero-order valence-electron chi connectivity index (χ0n) is 10.5. The van der Waals surface area contributed by atoms with Crippen LogP contribution >= 0.6 is 0 Å². The lowest BCUT2D eigenvalue weighted by atomic mass is 9.81. The van der Waals surface area contributed by atoms with Gasteiger partial charge in [0.2, 0.25) is 5.91 Å². The molecule has 1 rings (SSSR count). The van der Waals surface area contributed by atoms with E-state index < -0.39 is 18.2 Å². The molecule has 0 heterocycles. The molecule has 1 fully saturated rings. The van der Waals surface area contributed by atoms with Crippen molar-refractivity contribution < 1.29 is 23.1 Å². The summed E-state index contributed by atoms with van der Waals surface area (Å²) in [4.78, 5) is 11.7. The number of hydrogen-bond acceptors (Lipinski definition) is 2. The van der Waals surface area contributed by atoms with Gasteiger partial charge in [-0.15, -0.1) is 0 Å². The van der Waals surface area contributed by atoms with Gasteiger partial charge in [-0.2, -0.15) is 13.2 Å². The molecule has 6 heteroatoms. The zero-order chi connectivity index (χ0) is 13.8. The third-order valence-electron chi connectivity index (χ3n) is 3.54. The lowest BCUT2D eigenvalue weighted by Crippen LogP contribution is -2.39. The molecule has 2 N–H and O–H groups in total. The molecule has 0 spiro atoms. The highest BCUT2D eigenvalue weighted by Gasteiger charge is 2.42. The van der Waals surface area contributed by atoms with E-state index in [1.54, 1.807) is 6.92 Å². The maximum Gasteiger partial charge on any atom is 0.391 e. The van der Waals surface area contributed by atoms with E-state index >= 15 is 0 Å². The number of halogens is 3. The van der Waals surface area contributed by atoms with Crippen molar-refractivity contribution in [3.63, 3.8) is 0 Å². The van der Waals surface area contributed by atoms with Gasteiger partial charge in [0.25, 0.3) is 0 Å². The number of alkyl halides is 3. The molecule has 3 nitrogen and oxygen atoms in total. The van der Waals surface area contributed by atoms with Crippen LogP contribution in [0.4, 0.5) is 13.2 Å². The van der Waals surface area contributed by atoms with E-state index in [9.17, 15) is 23.1 Å². The number of nitrogens with one attached hydrogen (secondary N) is 1. The Morgan fingerprint density at radius 1 is 1.33 bits per heavy atom. The molecule has 0 aromatic rings. The van der Waals surface area contributed by atoms with Crippen LogP contribution in [0.25, 0.3) is 0 Å². The fourth-order valence-corrected chi connectivity index (χ4v) is 2.19. The summed E-state index contributed by atoms with van der Waals surface area (Å²) in [5.74, 6) is -1.83. The maximum absolute atomic E-state index is 12.4. The van der Waals surface area contributed by atoms with Gasteiger partial charge < -0.3 is 10.4 Å². The van der Waals surface area contributed by atoms with E-state index in [4.69, 9.17) is 0 Å². The summed E-state index contributed by atoms with van der Waals surface area (Å²) in [6.45, 7) is 1.97.